The Bertz CT molecular complexity index is 830. The predicted molar refractivity (Wildman–Crippen MR) is 95.7 cm³/mol. The Morgan fingerprint density at radius 2 is 1.88 bits per heavy atom. The Morgan fingerprint density at radius 3 is 2.32 bits per heavy atom. The van der Waals surface area contributed by atoms with Crippen LogP contribution in [0.2, 0.25) is 0 Å². The van der Waals surface area contributed by atoms with Gasteiger partial charge in [0.1, 0.15) is 0 Å². The molecule has 1 heterocycles. The van der Waals surface area contributed by atoms with Gasteiger partial charge in [0.25, 0.3) is 5.91 Å². The molecule has 1 fully saturated rings. The van der Waals surface area contributed by atoms with Crippen molar-refractivity contribution < 1.29 is 21.6 Å². The largest absolute Gasteiger partial charge is 0.335 e. The predicted octanol–water partition coefficient (Wildman–Crippen LogP) is 1.02. The minimum absolute atomic E-state index is 0.0165. The standard InChI is InChI=1S/C16H24N2O5S2/c1-4-18(14-9-10-24(20,21)11-14)16(19)13-5-7-15(8-6-13)25(22,23)17-12(2)3/h5-8,12,14,17H,4,9-11H2,1-3H3. The third kappa shape index (κ3) is 4.80. The van der Waals surface area contributed by atoms with Crippen LogP contribution in [0.15, 0.2) is 29.2 Å². The molecular weight excluding hydrogens is 364 g/mol. The molecule has 0 spiro atoms. The molecule has 1 atom stereocenters. The van der Waals surface area contributed by atoms with Gasteiger partial charge in [0, 0.05) is 24.2 Å². The zero-order chi connectivity index (χ0) is 18.8. The fraction of sp³-hybridized carbons (Fsp3) is 0.562. The number of carbonyl (C=O) groups excluding carboxylic acids is 1. The maximum absolute atomic E-state index is 12.7. The highest BCUT2D eigenvalue weighted by Crippen LogP contribution is 2.20. The Kier molecular flexibility index (Phi) is 5.90. The molecule has 1 aromatic carbocycles. The zero-order valence-corrected chi connectivity index (χ0v) is 16.2. The molecule has 0 aliphatic carbocycles. The first-order chi connectivity index (χ1) is 11.6. The van der Waals surface area contributed by atoms with Crippen LogP contribution in [0.25, 0.3) is 0 Å². The summed E-state index contributed by atoms with van der Waals surface area (Å²) in [6.07, 6.45) is 0.437. The fourth-order valence-corrected chi connectivity index (χ4v) is 5.89. The lowest BCUT2D eigenvalue weighted by atomic mass is 10.1. The number of carbonyl (C=O) groups is 1. The van der Waals surface area contributed by atoms with Crippen molar-refractivity contribution in [3.05, 3.63) is 29.8 Å². The van der Waals surface area contributed by atoms with Crippen LogP contribution in [0.1, 0.15) is 37.6 Å². The van der Waals surface area contributed by atoms with Crippen LogP contribution in [0.4, 0.5) is 0 Å². The van der Waals surface area contributed by atoms with Gasteiger partial charge in [-0.25, -0.2) is 21.6 Å². The molecule has 1 amide bonds. The molecule has 1 aliphatic rings. The zero-order valence-electron chi connectivity index (χ0n) is 14.6. The maximum Gasteiger partial charge on any atom is 0.254 e. The van der Waals surface area contributed by atoms with Crippen LogP contribution in [0, 0.1) is 0 Å². The van der Waals surface area contributed by atoms with Crippen molar-refractivity contribution in [2.24, 2.45) is 0 Å². The summed E-state index contributed by atoms with van der Waals surface area (Å²) in [5.41, 5.74) is 0.342. The van der Waals surface area contributed by atoms with Crippen molar-refractivity contribution in [2.75, 3.05) is 18.1 Å². The van der Waals surface area contributed by atoms with E-state index in [2.05, 4.69) is 4.72 Å². The minimum Gasteiger partial charge on any atom is -0.335 e. The van der Waals surface area contributed by atoms with Gasteiger partial charge in [-0.1, -0.05) is 0 Å². The van der Waals surface area contributed by atoms with Gasteiger partial charge >= 0.3 is 0 Å². The van der Waals surface area contributed by atoms with E-state index >= 15 is 0 Å². The number of hydrogen-bond acceptors (Lipinski definition) is 5. The van der Waals surface area contributed by atoms with E-state index in [1.807, 2.05) is 0 Å². The molecule has 1 unspecified atom stereocenters. The summed E-state index contributed by atoms with van der Waals surface area (Å²) in [6.45, 7) is 5.65. The molecule has 0 saturated carbocycles. The van der Waals surface area contributed by atoms with Gasteiger partial charge in [0.15, 0.2) is 9.84 Å². The van der Waals surface area contributed by atoms with E-state index in [9.17, 15) is 21.6 Å². The van der Waals surface area contributed by atoms with Crippen LogP contribution < -0.4 is 4.72 Å². The molecule has 25 heavy (non-hydrogen) atoms. The van der Waals surface area contributed by atoms with Crippen LogP contribution in [0.3, 0.4) is 0 Å². The van der Waals surface area contributed by atoms with E-state index in [1.54, 1.807) is 25.7 Å². The van der Waals surface area contributed by atoms with Gasteiger partial charge in [-0.15, -0.1) is 0 Å². The number of amides is 1. The van der Waals surface area contributed by atoms with Crippen LogP contribution >= 0.6 is 0 Å². The summed E-state index contributed by atoms with van der Waals surface area (Å²) in [7, 11) is -6.70. The number of nitrogens with one attached hydrogen (secondary N) is 1. The highest BCUT2D eigenvalue weighted by Gasteiger charge is 2.34. The molecular formula is C16H24N2O5S2. The topological polar surface area (TPSA) is 101 Å². The summed E-state index contributed by atoms with van der Waals surface area (Å²) >= 11 is 0. The van der Waals surface area contributed by atoms with Crippen LogP contribution in [0.5, 0.6) is 0 Å². The number of hydrogen-bond donors (Lipinski definition) is 1. The van der Waals surface area contributed by atoms with Gasteiger partial charge in [0.05, 0.1) is 16.4 Å². The Hall–Kier alpha value is -1.45. The van der Waals surface area contributed by atoms with Crippen molar-refractivity contribution in [3.63, 3.8) is 0 Å². The molecule has 2 rings (SSSR count). The molecule has 9 heteroatoms. The lowest BCUT2D eigenvalue weighted by Gasteiger charge is -2.27. The highest BCUT2D eigenvalue weighted by molar-refractivity contribution is 7.91. The number of sulfone groups is 1. The second-order valence-corrected chi connectivity index (χ2v) is 10.4. The molecule has 0 radical (unpaired) electrons. The summed E-state index contributed by atoms with van der Waals surface area (Å²) in [5, 5.41) is 0. The number of benzene rings is 1. The van der Waals surface area contributed by atoms with E-state index in [0.717, 1.165) is 0 Å². The third-order valence-corrected chi connectivity index (χ3v) is 7.48. The smallest absolute Gasteiger partial charge is 0.254 e. The van der Waals surface area contributed by atoms with Crippen molar-refractivity contribution in [3.8, 4) is 0 Å². The monoisotopic (exact) mass is 388 g/mol. The number of sulfonamides is 1. The second kappa shape index (κ2) is 7.43. The van der Waals surface area contributed by atoms with Crippen LogP contribution in [-0.2, 0) is 19.9 Å². The molecule has 1 N–H and O–H groups in total. The lowest BCUT2D eigenvalue weighted by molar-refractivity contribution is 0.0708. The molecule has 1 aromatic rings. The van der Waals surface area contributed by atoms with Crippen LogP contribution in [-0.4, -0.2) is 57.8 Å². The lowest BCUT2D eigenvalue weighted by Crippen LogP contribution is -2.41. The van der Waals surface area contributed by atoms with Crippen molar-refractivity contribution in [1.29, 1.82) is 0 Å². The summed E-state index contributed by atoms with van der Waals surface area (Å²) < 4.78 is 50.0. The summed E-state index contributed by atoms with van der Waals surface area (Å²) in [5.74, 6) is -0.206. The normalized spacial score (nSPS) is 19.9. The first-order valence-corrected chi connectivity index (χ1v) is 11.5. The molecule has 0 aromatic heterocycles. The van der Waals surface area contributed by atoms with Gasteiger partial charge in [-0.05, 0) is 51.5 Å². The number of rotatable bonds is 6. The van der Waals surface area contributed by atoms with Gasteiger partial charge < -0.3 is 4.90 Å². The SMILES string of the molecule is CCN(C(=O)c1ccc(S(=O)(=O)NC(C)C)cc1)C1CCS(=O)(=O)C1. The summed E-state index contributed by atoms with van der Waals surface area (Å²) in [6, 6.07) is 5.14. The van der Waals surface area contributed by atoms with Gasteiger partial charge in [0.2, 0.25) is 10.0 Å². The molecule has 7 nitrogen and oxygen atoms in total. The molecule has 1 aliphatic heterocycles. The summed E-state index contributed by atoms with van der Waals surface area (Å²) in [4.78, 5) is 14.3. The van der Waals surface area contributed by atoms with E-state index in [4.69, 9.17) is 0 Å². The Morgan fingerprint density at radius 1 is 1.28 bits per heavy atom. The molecule has 1 saturated heterocycles. The van der Waals surface area contributed by atoms with E-state index in [1.165, 1.54) is 24.3 Å². The first-order valence-electron chi connectivity index (χ1n) is 8.19. The fourth-order valence-electron chi connectivity index (χ4n) is 2.91. The minimum atomic E-state index is -3.61. The van der Waals surface area contributed by atoms with Gasteiger partial charge in [-0.2, -0.15) is 0 Å². The van der Waals surface area contributed by atoms with Gasteiger partial charge in [-0.3, -0.25) is 4.79 Å². The third-order valence-electron chi connectivity index (χ3n) is 4.05. The van der Waals surface area contributed by atoms with Crippen molar-refractivity contribution in [2.45, 2.75) is 44.2 Å². The quantitative estimate of drug-likeness (QED) is 0.784. The Balaban J connectivity index is 2.19. The van der Waals surface area contributed by atoms with Crippen molar-refractivity contribution >= 4 is 25.8 Å². The van der Waals surface area contributed by atoms with E-state index < -0.39 is 19.9 Å². The average molecular weight is 389 g/mol. The molecule has 0 bridgehead atoms. The van der Waals surface area contributed by atoms with Crippen molar-refractivity contribution in [1.82, 2.24) is 9.62 Å². The highest BCUT2D eigenvalue weighted by atomic mass is 32.2. The van der Waals surface area contributed by atoms with E-state index in [0.29, 0.717) is 18.5 Å². The second-order valence-electron chi connectivity index (χ2n) is 6.45. The number of nitrogens with zero attached hydrogens (tertiary/aromatic N) is 1. The van der Waals surface area contributed by atoms with E-state index in [-0.39, 0.29) is 34.4 Å². The maximum atomic E-state index is 12.7. The first kappa shape index (κ1) is 19.9. The Labute approximate surface area is 149 Å². The average Bonchev–Trinajstić information content (AvgIpc) is 2.86. The molecule has 140 valence electrons.